The van der Waals surface area contributed by atoms with Gasteiger partial charge in [-0.25, -0.2) is 0 Å². The lowest BCUT2D eigenvalue weighted by Crippen LogP contribution is -2.63. The third-order valence-corrected chi connectivity index (χ3v) is 3.12. The van der Waals surface area contributed by atoms with E-state index in [4.69, 9.17) is 0 Å². The molecular weight excluding hydrogens is 178 g/mol. The van der Waals surface area contributed by atoms with Crippen molar-refractivity contribution in [3.05, 3.63) is 0 Å². The number of carbonyl (C=O) groups is 1. The summed E-state index contributed by atoms with van der Waals surface area (Å²) in [5.41, 5.74) is 0. The molecule has 4 nitrogen and oxygen atoms in total. The first-order valence-electron chi connectivity index (χ1n) is 5.59. The zero-order valence-electron chi connectivity index (χ0n) is 8.75. The lowest BCUT2D eigenvalue weighted by molar-refractivity contribution is -0.126. The molecule has 0 spiro atoms. The van der Waals surface area contributed by atoms with Gasteiger partial charge in [0.2, 0.25) is 5.91 Å². The predicted octanol–water partition coefficient (Wildman–Crippen LogP) is 0.254. The van der Waals surface area contributed by atoms with Crippen molar-refractivity contribution in [2.45, 2.75) is 44.9 Å². The Morgan fingerprint density at radius 3 is 2.79 bits per heavy atom. The van der Waals surface area contributed by atoms with Gasteiger partial charge in [-0.1, -0.05) is 6.92 Å². The number of rotatable bonds is 2. The van der Waals surface area contributed by atoms with E-state index in [1.165, 1.54) is 12.8 Å². The molecule has 2 fully saturated rings. The van der Waals surface area contributed by atoms with Crippen molar-refractivity contribution < 1.29 is 4.79 Å². The number of nitrogens with zero attached hydrogens (tertiary/aromatic N) is 1. The number of hydrogen-bond acceptors (Lipinski definition) is 3. The van der Waals surface area contributed by atoms with Crippen molar-refractivity contribution in [1.29, 1.82) is 0 Å². The summed E-state index contributed by atoms with van der Waals surface area (Å²) in [5, 5.41) is 6.47. The third kappa shape index (κ3) is 2.07. The van der Waals surface area contributed by atoms with E-state index in [0.29, 0.717) is 12.5 Å². The monoisotopic (exact) mass is 197 g/mol. The van der Waals surface area contributed by atoms with Gasteiger partial charge in [0.25, 0.3) is 0 Å². The van der Waals surface area contributed by atoms with Gasteiger partial charge in [0.15, 0.2) is 0 Å². The van der Waals surface area contributed by atoms with Crippen molar-refractivity contribution in [1.82, 2.24) is 15.5 Å². The Balaban J connectivity index is 1.93. The maximum absolute atomic E-state index is 11.4. The summed E-state index contributed by atoms with van der Waals surface area (Å²) in [7, 11) is 0. The average molecular weight is 197 g/mol. The number of amides is 1. The SMILES string of the molecule is CCC1CC(=O)NC(N2CCCC2)N1. The van der Waals surface area contributed by atoms with E-state index in [2.05, 4.69) is 22.5 Å². The molecule has 2 aliphatic rings. The van der Waals surface area contributed by atoms with Crippen LogP contribution in [0.3, 0.4) is 0 Å². The molecule has 2 rings (SSSR count). The van der Waals surface area contributed by atoms with Gasteiger partial charge in [-0.2, -0.15) is 0 Å². The molecule has 0 radical (unpaired) electrons. The van der Waals surface area contributed by atoms with E-state index in [-0.39, 0.29) is 12.2 Å². The highest BCUT2D eigenvalue weighted by Crippen LogP contribution is 2.13. The van der Waals surface area contributed by atoms with Crippen LogP contribution >= 0.6 is 0 Å². The molecule has 2 atom stereocenters. The van der Waals surface area contributed by atoms with Gasteiger partial charge in [0, 0.05) is 25.6 Å². The van der Waals surface area contributed by atoms with Gasteiger partial charge < -0.3 is 5.32 Å². The van der Waals surface area contributed by atoms with Crippen LogP contribution in [0, 0.1) is 0 Å². The topological polar surface area (TPSA) is 44.4 Å². The van der Waals surface area contributed by atoms with E-state index in [1.54, 1.807) is 0 Å². The summed E-state index contributed by atoms with van der Waals surface area (Å²) in [6, 6.07) is 0.356. The Morgan fingerprint density at radius 1 is 1.43 bits per heavy atom. The number of carbonyl (C=O) groups excluding carboxylic acids is 1. The van der Waals surface area contributed by atoms with Crippen molar-refractivity contribution in [2.24, 2.45) is 0 Å². The Labute approximate surface area is 85.0 Å². The van der Waals surface area contributed by atoms with Crippen LogP contribution in [-0.2, 0) is 4.79 Å². The first-order valence-corrected chi connectivity index (χ1v) is 5.59. The van der Waals surface area contributed by atoms with Gasteiger partial charge in [-0.15, -0.1) is 0 Å². The summed E-state index contributed by atoms with van der Waals surface area (Å²) in [6.07, 6.45) is 4.25. The smallest absolute Gasteiger partial charge is 0.223 e. The fourth-order valence-corrected chi connectivity index (χ4v) is 2.22. The maximum atomic E-state index is 11.4. The fraction of sp³-hybridized carbons (Fsp3) is 0.900. The summed E-state index contributed by atoms with van der Waals surface area (Å²) < 4.78 is 0. The second-order valence-corrected chi connectivity index (χ2v) is 4.19. The number of hydrogen-bond donors (Lipinski definition) is 2. The van der Waals surface area contributed by atoms with Crippen molar-refractivity contribution >= 4 is 5.91 Å². The number of likely N-dealkylation sites (tertiary alicyclic amines) is 1. The van der Waals surface area contributed by atoms with Crippen LogP contribution in [0.5, 0.6) is 0 Å². The molecule has 0 aliphatic carbocycles. The second kappa shape index (κ2) is 4.28. The van der Waals surface area contributed by atoms with E-state index >= 15 is 0 Å². The zero-order valence-corrected chi connectivity index (χ0v) is 8.75. The first kappa shape index (κ1) is 9.93. The molecule has 4 heteroatoms. The minimum absolute atomic E-state index is 0.0868. The molecule has 2 heterocycles. The number of nitrogens with one attached hydrogen (secondary N) is 2. The second-order valence-electron chi connectivity index (χ2n) is 4.19. The standard InChI is InChI=1S/C10H19N3O/c1-2-8-7-9(14)12-10(11-8)13-5-3-4-6-13/h8,10-11H,2-7H2,1H3,(H,12,14). The van der Waals surface area contributed by atoms with Crippen LogP contribution < -0.4 is 10.6 Å². The lowest BCUT2D eigenvalue weighted by Gasteiger charge is -2.36. The van der Waals surface area contributed by atoms with Crippen LogP contribution in [-0.4, -0.2) is 36.2 Å². The first-order chi connectivity index (χ1) is 6.79. The summed E-state index contributed by atoms with van der Waals surface area (Å²) in [6.45, 7) is 4.33. The Morgan fingerprint density at radius 2 is 2.14 bits per heavy atom. The van der Waals surface area contributed by atoms with Gasteiger partial charge in [-0.05, 0) is 19.3 Å². The van der Waals surface area contributed by atoms with E-state index in [1.807, 2.05) is 0 Å². The van der Waals surface area contributed by atoms with Crippen LogP contribution in [0.15, 0.2) is 0 Å². The molecule has 1 amide bonds. The van der Waals surface area contributed by atoms with Crippen molar-refractivity contribution in [2.75, 3.05) is 13.1 Å². The molecule has 80 valence electrons. The minimum Gasteiger partial charge on any atom is -0.328 e. The van der Waals surface area contributed by atoms with Crippen LogP contribution in [0.25, 0.3) is 0 Å². The summed E-state index contributed by atoms with van der Waals surface area (Å²) >= 11 is 0. The van der Waals surface area contributed by atoms with Gasteiger partial charge >= 0.3 is 0 Å². The lowest BCUT2D eigenvalue weighted by atomic mass is 10.1. The van der Waals surface area contributed by atoms with E-state index in [9.17, 15) is 4.79 Å². The highest BCUT2D eigenvalue weighted by Gasteiger charge is 2.29. The predicted molar refractivity (Wildman–Crippen MR) is 54.6 cm³/mol. The highest BCUT2D eigenvalue weighted by atomic mass is 16.2. The van der Waals surface area contributed by atoms with Crippen molar-refractivity contribution in [3.8, 4) is 0 Å². The Kier molecular flexibility index (Phi) is 3.03. The molecule has 2 unspecified atom stereocenters. The van der Waals surface area contributed by atoms with Gasteiger partial charge in [0.1, 0.15) is 6.29 Å². The molecule has 0 bridgehead atoms. The molecule has 14 heavy (non-hydrogen) atoms. The molecule has 2 aliphatic heterocycles. The van der Waals surface area contributed by atoms with E-state index < -0.39 is 0 Å². The fourth-order valence-electron chi connectivity index (χ4n) is 2.22. The van der Waals surface area contributed by atoms with Gasteiger partial charge in [-0.3, -0.25) is 15.0 Å². The average Bonchev–Trinajstić information content (AvgIpc) is 2.69. The molecule has 0 aromatic rings. The zero-order chi connectivity index (χ0) is 9.97. The van der Waals surface area contributed by atoms with E-state index in [0.717, 1.165) is 19.5 Å². The molecule has 2 N–H and O–H groups in total. The summed E-state index contributed by atoms with van der Waals surface area (Å²) in [4.78, 5) is 13.7. The molecular formula is C10H19N3O. The molecule has 0 aromatic heterocycles. The van der Waals surface area contributed by atoms with Crippen LogP contribution in [0.4, 0.5) is 0 Å². The molecule has 0 saturated carbocycles. The molecule has 2 saturated heterocycles. The Bertz CT molecular complexity index is 213. The highest BCUT2D eigenvalue weighted by molar-refractivity contribution is 5.77. The minimum atomic E-state index is 0.0868. The normalized spacial score (nSPS) is 34.5. The molecule has 0 aromatic carbocycles. The van der Waals surface area contributed by atoms with Crippen molar-refractivity contribution in [3.63, 3.8) is 0 Å². The third-order valence-electron chi connectivity index (χ3n) is 3.12. The van der Waals surface area contributed by atoms with Gasteiger partial charge in [0.05, 0.1) is 0 Å². The Hall–Kier alpha value is -0.610. The van der Waals surface area contributed by atoms with Crippen LogP contribution in [0.1, 0.15) is 32.6 Å². The summed E-state index contributed by atoms with van der Waals surface area (Å²) in [5.74, 6) is 0.188. The maximum Gasteiger partial charge on any atom is 0.223 e. The van der Waals surface area contributed by atoms with Crippen LogP contribution in [0.2, 0.25) is 0 Å². The quantitative estimate of drug-likeness (QED) is 0.667. The largest absolute Gasteiger partial charge is 0.328 e.